The van der Waals surface area contributed by atoms with Crippen LogP contribution in [0.15, 0.2) is 36.4 Å². The lowest BCUT2D eigenvalue weighted by Crippen LogP contribution is -2.02. The summed E-state index contributed by atoms with van der Waals surface area (Å²) >= 11 is 0. The molecule has 19 heavy (non-hydrogen) atoms. The van der Waals surface area contributed by atoms with Gasteiger partial charge in [0.05, 0.1) is 11.1 Å². The second kappa shape index (κ2) is 4.20. The van der Waals surface area contributed by atoms with Crippen molar-refractivity contribution in [3.63, 3.8) is 0 Å². The van der Waals surface area contributed by atoms with Crippen molar-refractivity contribution in [3.8, 4) is 11.3 Å². The molecule has 5 heteroatoms. The molecule has 2 heterocycles. The molecule has 0 unspecified atom stereocenters. The lowest BCUT2D eigenvalue weighted by atomic mass is 10.1. The summed E-state index contributed by atoms with van der Waals surface area (Å²) in [6, 6.07) is 11.8. The van der Waals surface area contributed by atoms with Crippen LogP contribution in [0.4, 0.5) is 11.8 Å². The third-order valence-corrected chi connectivity index (χ3v) is 3.03. The van der Waals surface area contributed by atoms with Gasteiger partial charge in [-0.1, -0.05) is 24.3 Å². The Morgan fingerprint density at radius 1 is 0.895 bits per heavy atom. The molecule has 0 amide bonds. The minimum Gasteiger partial charge on any atom is -0.383 e. The third kappa shape index (κ3) is 1.95. The van der Waals surface area contributed by atoms with Crippen LogP contribution in [0, 0.1) is 6.92 Å². The van der Waals surface area contributed by atoms with Crippen LogP contribution >= 0.6 is 0 Å². The van der Waals surface area contributed by atoms with E-state index in [1.54, 1.807) is 0 Å². The first-order valence-corrected chi connectivity index (χ1v) is 5.91. The van der Waals surface area contributed by atoms with Gasteiger partial charge in [0.1, 0.15) is 5.82 Å². The third-order valence-electron chi connectivity index (χ3n) is 3.03. The van der Waals surface area contributed by atoms with Gasteiger partial charge < -0.3 is 11.5 Å². The van der Waals surface area contributed by atoms with E-state index in [1.165, 1.54) is 0 Å². The number of aryl methyl sites for hydroxylation is 1. The van der Waals surface area contributed by atoms with Crippen molar-refractivity contribution in [3.05, 3.63) is 42.0 Å². The molecule has 0 atom stereocenters. The molecule has 0 saturated heterocycles. The predicted octanol–water partition coefficient (Wildman–Crippen LogP) is 2.16. The molecule has 0 bridgehead atoms. The van der Waals surface area contributed by atoms with E-state index in [0.717, 1.165) is 16.8 Å². The summed E-state index contributed by atoms with van der Waals surface area (Å²) < 4.78 is 0. The maximum absolute atomic E-state index is 5.80. The van der Waals surface area contributed by atoms with Crippen LogP contribution in [-0.4, -0.2) is 15.0 Å². The van der Waals surface area contributed by atoms with Gasteiger partial charge in [-0.2, -0.15) is 9.97 Å². The SMILES string of the molecule is Cc1ccccc1-c1ccc2c(N)nc(N)nc2n1. The second-order valence-electron chi connectivity index (χ2n) is 4.35. The molecule has 2 aromatic heterocycles. The van der Waals surface area contributed by atoms with Crippen molar-refractivity contribution in [2.24, 2.45) is 0 Å². The van der Waals surface area contributed by atoms with Gasteiger partial charge in [-0.15, -0.1) is 0 Å². The number of hydrogen-bond donors (Lipinski definition) is 2. The second-order valence-corrected chi connectivity index (χ2v) is 4.35. The summed E-state index contributed by atoms with van der Waals surface area (Å²) in [5.74, 6) is 0.491. The van der Waals surface area contributed by atoms with E-state index < -0.39 is 0 Å². The average Bonchev–Trinajstić information content (AvgIpc) is 2.38. The molecule has 4 N–H and O–H groups in total. The molecule has 94 valence electrons. The fourth-order valence-electron chi connectivity index (χ4n) is 2.06. The van der Waals surface area contributed by atoms with E-state index >= 15 is 0 Å². The van der Waals surface area contributed by atoms with Gasteiger partial charge in [-0.05, 0) is 24.6 Å². The molecule has 3 rings (SSSR count). The van der Waals surface area contributed by atoms with E-state index in [2.05, 4.69) is 15.0 Å². The smallest absolute Gasteiger partial charge is 0.224 e. The number of anilines is 2. The van der Waals surface area contributed by atoms with Gasteiger partial charge in [0.25, 0.3) is 0 Å². The number of rotatable bonds is 1. The van der Waals surface area contributed by atoms with Crippen molar-refractivity contribution < 1.29 is 0 Å². The Hall–Kier alpha value is -2.69. The topological polar surface area (TPSA) is 90.7 Å². The Kier molecular flexibility index (Phi) is 2.52. The highest BCUT2D eigenvalue weighted by molar-refractivity contribution is 5.88. The molecule has 0 spiro atoms. The summed E-state index contributed by atoms with van der Waals surface area (Å²) in [6.45, 7) is 2.05. The zero-order valence-electron chi connectivity index (χ0n) is 10.5. The maximum Gasteiger partial charge on any atom is 0.224 e. The van der Waals surface area contributed by atoms with Crippen LogP contribution < -0.4 is 11.5 Å². The van der Waals surface area contributed by atoms with Gasteiger partial charge >= 0.3 is 0 Å². The number of aromatic nitrogens is 3. The minimum atomic E-state index is 0.138. The van der Waals surface area contributed by atoms with Gasteiger partial charge in [0.2, 0.25) is 5.95 Å². The number of nitrogens with zero attached hydrogens (tertiary/aromatic N) is 3. The van der Waals surface area contributed by atoms with Gasteiger partial charge in [-0.3, -0.25) is 0 Å². The molecule has 3 aromatic rings. The van der Waals surface area contributed by atoms with Gasteiger partial charge in [0, 0.05) is 5.56 Å². The number of hydrogen-bond acceptors (Lipinski definition) is 5. The standard InChI is InChI=1S/C14H13N5/c1-8-4-2-3-5-9(8)11-7-6-10-12(15)18-14(16)19-13(10)17-11/h2-7H,1H3,(H4,15,16,17,18,19). The number of pyridine rings is 1. The van der Waals surface area contributed by atoms with Crippen molar-refractivity contribution >= 4 is 22.8 Å². The quantitative estimate of drug-likeness (QED) is 0.691. The minimum absolute atomic E-state index is 0.138. The molecule has 0 fully saturated rings. The first-order chi connectivity index (χ1) is 9.15. The zero-order valence-corrected chi connectivity index (χ0v) is 10.5. The Balaban J connectivity index is 2.25. The Morgan fingerprint density at radius 2 is 1.68 bits per heavy atom. The number of nitrogen functional groups attached to an aromatic ring is 2. The molecule has 5 nitrogen and oxygen atoms in total. The monoisotopic (exact) mass is 251 g/mol. The number of nitrogens with two attached hydrogens (primary N) is 2. The summed E-state index contributed by atoms with van der Waals surface area (Å²) in [7, 11) is 0. The van der Waals surface area contributed by atoms with Crippen LogP contribution in [0.1, 0.15) is 5.56 Å². The lowest BCUT2D eigenvalue weighted by Gasteiger charge is -2.07. The average molecular weight is 251 g/mol. The molecular formula is C14H13N5. The van der Waals surface area contributed by atoms with E-state index in [4.69, 9.17) is 11.5 Å². The van der Waals surface area contributed by atoms with Gasteiger partial charge in [-0.25, -0.2) is 4.98 Å². The van der Waals surface area contributed by atoms with Crippen LogP contribution in [0.3, 0.4) is 0 Å². The Morgan fingerprint density at radius 3 is 2.47 bits per heavy atom. The number of benzene rings is 1. The Bertz CT molecular complexity index is 767. The molecule has 0 radical (unpaired) electrons. The highest BCUT2D eigenvalue weighted by Gasteiger charge is 2.08. The highest BCUT2D eigenvalue weighted by atomic mass is 15.1. The fourth-order valence-corrected chi connectivity index (χ4v) is 2.06. The van der Waals surface area contributed by atoms with E-state index in [1.807, 2.05) is 43.3 Å². The van der Waals surface area contributed by atoms with Crippen LogP contribution in [0.2, 0.25) is 0 Å². The largest absolute Gasteiger partial charge is 0.383 e. The normalized spacial score (nSPS) is 10.8. The fraction of sp³-hybridized carbons (Fsp3) is 0.0714. The highest BCUT2D eigenvalue weighted by Crippen LogP contribution is 2.25. The molecule has 0 aliphatic heterocycles. The summed E-state index contributed by atoms with van der Waals surface area (Å²) in [4.78, 5) is 12.6. The van der Waals surface area contributed by atoms with Gasteiger partial charge in [0.15, 0.2) is 5.65 Å². The molecule has 0 saturated carbocycles. The summed E-state index contributed by atoms with van der Waals surface area (Å²) in [5.41, 5.74) is 15.0. The maximum atomic E-state index is 5.80. The van der Waals surface area contributed by atoms with E-state index in [-0.39, 0.29) is 5.95 Å². The van der Waals surface area contributed by atoms with Crippen LogP contribution in [0.5, 0.6) is 0 Å². The summed E-state index contributed by atoms with van der Waals surface area (Å²) in [6.07, 6.45) is 0. The molecule has 0 aliphatic rings. The van der Waals surface area contributed by atoms with Crippen molar-refractivity contribution in [2.45, 2.75) is 6.92 Å². The van der Waals surface area contributed by atoms with Crippen molar-refractivity contribution in [1.82, 2.24) is 15.0 Å². The lowest BCUT2D eigenvalue weighted by molar-refractivity contribution is 1.20. The van der Waals surface area contributed by atoms with Crippen LogP contribution in [-0.2, 0) is 0 Å². The molecule has 0 aliphatic carbocycles. The van der Waals surface area contributed by atoms with E-state index in [9.17, 15) is 0 Å². The predicted molar refractivity (Wildman–Crippen MR) is 76.3 cm³/mol. The zero-order chi connectivity index (χ0) is 13.4. The van der Waals surface area contributed by atoms with Crippen LogP contribution in [0.25, 0.3) is 22.3 Å². The Labute approximate surface area is 110 Å². The van der Waals surface area contributed by atoms with E-state index in [0.29, 0.717) is 16.9 Å². The summed E-state index contributed by atoms with van der Waals surface area (Å²) in [5, 5.41) is 0.714. The molecular weight excluding hydrogens is 238 g/mol. The first kappa shape index (κ1) is 11.4. The first-order valence-electron chi connectivity index (χ1n) is 5.91. The molecule has 1 aromatic carbocycles. The van der Waals surface area contributed by atoms with Crippen molar-refractivity contribution in [2.75, 3.05) is 11.5 Å². The van der Waals surface area contributed by atoms with Crippen molar-refractivity contribution in [1.29, 1.82) is 0 Å². The number of fused-ring (bicyclic) bond motifs is 1.